The minimum Gasteiger partial charge on any atom is -0.343 e. The second kappa shape index (κ2) is 6.10. The maximum atomic E-state index is 13.6. The zero-order chi connectivity index (χ0) is 19.5. The van der Waals surface area contributed by atoms with Gasteiger partial charge in [0, 0.05) is 24.6 Å². The van der Waals surface area contributed by atoms with Gasteiger partial charge in [0.1, 0.15) is 17.7 Å². The van der Waals surface area contributed by atoms with Crippen molar-refractivity contribution < 1.29 is 23.1 Å². The molecule has 144 valence electrons. The highest BCUT2D eigenvalue weighted by Crippen LogP contribution is 2.50. The first kappa shape index (κ1) is 17.3. The molecule has 3 atom stereocenters. The maximum Gasteiger partial charge on any atom is 0.254 e. The van der Waals surface area contributed by atoms with Gasteiger partial charge in [-0.3, -0.25) is 9.59 Å². The van der Waals surface area contributed by atoms with Gasteiger partial charge in [0.15, 0.2) is 5.72 Å². The summed E-state index contributed by atoms with van der Waals surface area (Å²) in [5, 5.41) is 0. The van der Waals surface area contributed by atoms with Gasteiger partial charge in [-0.2, -0.15) is 0 Å². The SMILES string of the molecule is O=C(c1cc(F)cc(F)c1)N1CC[C@@]23O[C@@H](c4ccccc4)CN2C(=O)C[C@@H]13. The summed E-state index contributed by atoms with van der Waals surface area (Å²) >= 11 is 0. The predicted octanol–water partition coefficient (Wildman–Crippen LogP) is 2.88. The van der Waals surface area contributed by atoms with Crippen molar-refractivity contribution in [1.29, 1.82) is 0 Å². The van der Waals surface area contributed by atoms with Crippen LogP contribution < -0.4 is 0 Å². The molecule has 2 aromatic rings. The molecule has 0 saturated carbocycles. The van der Waals surface area contributed by atoms with Gasteiger partial charge in [-0.05, 0) is 17.7 Å². The van der Waals surface area contributed by atoms with E-state index in [2.05, 4.69) is 0 Å². The minimum atomic E-state index is -0.862. The average Bonchev–Trinajstić information content (AvgIpc) is 3.30. The number of hydrogen-bond acceptors (Lipinski definition) is 3. The van der Waals surface area contributed by atoms with E-state index in [9.17, 15) is 18.4 Å². The van der Waals surface area contributed by atoms with E-state index >= 15 is 0 Å². The smallest absolute Gasteiger partial charge is 0.254 e. The fraction of sp³-hybridized carbons (Fsp3) is 0.333. The van der Waals surface area contributed by atoms with Gasteiger partial charge in [0.05, 0.1) is 19.0 Å². The summed E-state index contributed by atoms with van der Waals surface area (Å²) < 4.78 is 33.5. The van der Waals surface area contributed by atoms with Crippen molar-refractivity contribution in [3.8, 4) is 0 Å². The van der Waals surface area contributed by atoms with E-state index in [1.807, 2.05) is 30.3 Å². The number of ether oxygens (including phenoxy) is 1. The van der Waals surface area contributed by atoms with Crippen LogP contribution >= 0.6 is 0 Å². The Morgan fingerprint density at radius 2 is 1.82 bits per heavy atom. The van der Waals surface area contributed by atoms with Gasteiger partial charge in [-0.1, -0.05) is 30.3 Å². The van der Waals surface area contributed by atoms with Gasteiger partial charge in [-0.25, -0.2) is 8.78 Å². The summed E-state index contributed by atoms with van der Waals surface area (Å²) in [5.74, 6) is -2.15. The minimum absolute atomic E-state index is 0.0574. The molecular weight excluding hydrogens is 366 g/mol. The molecule has 5 rings (SSSR count). The average molecular weight is 384 g/mol. The quantitative estimate of drug-likeness (QED) is 0.800. The Labute approximate surface area is 160 Å². The van der Waals surface area contributed by atoms with Crippen LogP contribution in [-0.4, -0.2) is 46.5 Å². The number of carbonyl (C=O) groups excluding carboxylic acids is 2. The second-order valence-corrected chi connectivity index (χ2v) is 7.49. The number of benzene rings is 2. The Bertz CT molecular complexity index is 947. The normalized spacial score (nSPS) is 28.6. The molecule has 28 heavy (non-hydrogen) atoms. The summed E-state index contributed by atoms with van der Waals surface area (Å²) in [6.45, 7) is 0.808. The maximum absolute atomic E-state index is 13.6. The van der Waals surface area contributed by atoms with Crippen LogP contribution in [0.15, 0.2) is 48.5 Å². The lowest BCUT2D eigenvalue weighted by Gasteiger charge is -2.32. The van der Waals surface area contributed by atoms with E-state index in [-0.39, 0.29) is 24.0 Å². The fourth-order valence-corrected chi connectivity index (χ4v) is 4.75. The first-order valence-electron chi connectivity index (χ1n) is 9.28. The van der Waals surface area contributed by atoms with Crippen molar-refractivity contribution in [3.05, 3.63) is 71.3 Å². The van der Waals surface area contributed by atoms with E-state index in [0.29, 0.717) is 19.5 Å². The van der Waals surface area contributed by atoms with E-state index in [1.54, 1.807) is 4.90 Å². The third-order valence-corrected chi connectivity index (χ3v) is 5.97. The van der Waals surface area contributed by atoms with Crippen LogP contribution in [0.5, 0.6) is 0 Å². The van der Waals surface area contributed by atoms with Gasteiger partial charge in [0.25, 0.3) is 5.91 Å². The highest BCUT2D eigenvalue weighted by atomic mass is 19.1. The summed E-state index contributed by atoms with van der Waals surface area (Å²) in [6.07, 6.45) is 0.385. The number of halogens is 2. The number of amides is 2. The summed E-state index contributed by atoms with van der Waals surface area (Å²) in [4.78, 5) is 28.8. The predicted molar refractivity (Wildman–Crippen MR) is 95.1 cm³/mol. The van der Waals surface area contributed by atoms with Crippen molar-refractivity contribution in [1.82, 2.24) is 9.80 Å². The second-order valence-electron chi connectivity index (χ2n) is 7.49. The molecule has 3 aliphatic heterocycles. The first-order valence-corrected chi connectivity index (χ1v) is 9.28. The van der Waals surface area contributed by atoms with Gasteiger partial charge in [-0.15, -0.1) is 0 Å². The van der Waals surface area contributed by atoms with Crippen molar-refractivity contribution >= 4 is 11.8 Å². The van der Waals surface area contributed by atoms with E-state index < -0.39 is 29.3 Å². The molecule has 0 aliphatic carbocycles. The van der Waals surface area contributed by atoms with Crippen LogP contribution in [0, 0.1) is 11.6 Å². The van der Waals surface area contributed by atoms with Gasteiger partial charge < -0.3 is 14.5 Å². The van der Waals surface area contributed by atoms with Crippen molar-refractivity contribution in [2.75, 3.05) is 13.1 Å². The van der Waals surface area contributed by atoms with Crippen LogP contribution in [0.1, 0.15) is 34.9 Å². The topological polar surface area (TPSA) is 49.9 Å². The largest absolute Gasteiger partial charge is 0.343 e. The highest BCUT2D eigenvalue weighted by molar-refractivity contribution is 5.96. The molecule has 5 nitrogen and oxygen atoms in total. The molecule has 3 fully saturated rings. The van der Waals surface area contributed by atoms with E-state index in [4.69, 9.17) is 4.74 Å². The first-order chi connectivity index (χ1) is 13.5. The van der Waals surface area contributed by atoms with Gasteiger partial charge in [0.2, 0.25) is 5.91 Å². The number of nitrogens with zero attached hydrogens (tertiary/aromatic N) is 2. The number of rotatable bonds is 2. The lowest BCUT2D eigenvalue weighted by molar-refractivity contribution is -0.138. The monoisotopic (exact) mass is 384 g/mol. The molecule has 3 saturated heterocycles. The van der Waals surface area contributed by atoms with Crippen LogP contribution in [0.25, 0.3) is 0 Å². The Morgan fingerprint density at radius 1 is 1.11 bits per heavy atom. The molecule has 2 amide bonds. The Morgan fingerprint density at radius 3 is 2.54 bits per heavy atom. The number of likely N-dealkylation sites (tertiary alicyclic amines) is 1. The molecule has 3 aliphatic rings. The van der Waals surface area contributed by atoms with Crippen LogP contribution in [0.4, 0.5) is 8.78 Å². The highest BCUT2D eigenvalue weighted by Gasteiger charge is 2.65. The molecule has 7 heteroatoms. The van der Waals surface area contributed by atoms with Crippen LogP contribution in [0.3, 0.4) is 0 Å². The lowest BCUT2D eigenvalue weighted by Crippen LogP contribution is -2.48. The van der Waals surface area contributed by atoms with Crippen molar-refractivity contribution in [2.45, 2.75) is 30.7 Å². The molecule has 0 radical (unpaired) electrons. The molecule has 0 unspecified atom stereocenters. The Balaban J connectivity index is 1.45. The molecule has 0 aromatic heterocycles. The Hall–Kier alpha value is -2.80. The molecule has 3 heterocycles. The molecule has 0 bridgehead atoms. The fourth-order valence-electron chi connectivity index (χ4n) is 4.75. The van der Waals surface area contributed by atoms with E-state index in [0.717, 1.165) is 23.8 Å². The zero-order valence-corrected chi connectivity index (χ0v) is 15.0. The third-order valence-electron chi connectivity index (χ3n) is 5.97. The van der Waals surface area contributed by atoms with E-state index in [1.165, 1.54) is 4.90 Å². The standard InChI is InChI=1S/C21H18F2N2O3/c22-15-8-14(9-16(23)10-15)20(27)24-7-6-21-18(24)11-19(26)25(21)12-17(28-21)13-4-2-1-3-5-13/h1-5,8-10,17-18H,6-7,11-12H2/t17-,18-,21+/m1/s1. The summed E-state index contributed by atoms with van der Waals surface area (Å²) in [7, 11) is 0. The van der Waals surface area contributed by atoms with Gasteiger partial charge >= 0.3 is 0 Å². The Kier molecular flexibility index (Phi) is 3.77. The van der Waals surface area contributed by atoms with Crippen molar-refractivity contribution in [2.24, 2.45) is 0 Å². The van der Waals surface area contributed by atoms with Crippen molar-refractivity contribution in [3.63, 3.8) is 0 Å². The summed E-state index contributed by atoms with van der Waals surface area (Å²) in [5.41, 5.74) is 0.0620. The lowest BCUT2D eigenvalue weighted by atomic mass is 10.1. The molecule has 0 N–H and O–H groups in total. The molecule has 1 spiro atoms. The summed E-state index contributed by atoms with van der Waals surface area (Å²) in [6, 6.07) is 12.0. The van der Waals surface area contributed by atoms with Crippen LogP contribution in [0.2, 0.25) is 0 Å². The van der Waals surface area contributed by atoms with Crippen LogP contribution in [-0.2, 0) is 9.53 Å². The number of hydrogen-bond donors (Lipinski definition) is 0. The molecular formula is C21H18F2N2O3. The molecule has 2 aromatic carbocycles. The number of carbonyl (C=O) groups is 2. The zero-order valence-electron chi connectivity index (χ0n) is 15.0. The third kappa shape index (κ3) is 2.46.